The molecular weight excluding hydrogens is 216 g/mol. The molecule has 0 bridgehead atoms. The fourth-order valence-electron chi connectivity index (χ4n) is 0.988. The minimum absolute atomic E-state index is 0.0601. The number of aliphatic hydroxyl groups is 1. The van der Waals surface area contributed by atoms with E-state index >= 15 is 0 Å². The molecule has 0 aliphatic carbocycles. The summed E-state index contributed by atoms with van der Waals surface area (Å²) in [5, 5.41) is 18.1. The van der Waals surface area contributed by atoms with E-state index in [4.69, 9.17) is 5.11 Å². The Morgan fingerprint density at radius 3 is 2.25 bits per heavy atom. The largest absolute Gasteiger partial charge is 0.481 e. The average molecular weight is 232 g/mol. The molecule has 0 spiro atoms. The Balaban J connectivity index is 4.58. The third-order valence-corrected chi connectivity index (χ3v) is 2.06. The second kappa shape index (κ2) is 6.22. The number of carboxylic acid groups (broad SMARTS) is 1. The molecule has 6 nitrogen and oxygen atoms in total. The molecule has 0 saturated heterocycles. The molecule has 6 heteroatoms. The second-order valence-electron chi connectivity index (χ2n) is 3.48. The van der Waals surface area contributed by atoms with Crippen molar-refractivity contribution in [2.45, 2.75) is 38.7 Å². The maximum atomic E-state index is 11.4. The Morgan fingerprint density at radius 2 is 1.88 bits per heavy atom. The molecule has 0 aromatic rings. The summed E-state index contributed by atoms with van der Waals surface area (Å²) in [5.74, 6) is -3.57. The SMILES string of the molecule is CCCCOC(=O)C(O)(CC(=O)O)C(C)=O. The van der Waals surface area contributed by atoms with E-state index in [0.717, 1.165) is 13.3 Å². The lowest BCUT2D eigenvalue weighted by Gasteiger charge is -2.20. The van der Waals surface area contributed by atoms with Gasteiger partial charge < -0.3 is 14.9 Å². The molecule has 0 fully saturated rings. The van der Waals surface area contributed by atoms with Gasteiger partial charge in [0.15, 0.2) is 5.78 Å². The number of esters is 1. The van der Waals surface area contributed by atoms with Crippen LogP contribution >= 0.6 is 0 Å². The van der Waals surface area contributed by atoms with E-state index in [1.54, 1.807) is 0 Å². The van der Waals surface area contributed by atoms with Gasteiger partial charge in [-0.25, -0.2) is 4.79 Å². The standard InChI is InChI=1S/C10H16O6/c1-3-4-5-16-9(14)10(15,7(2)11)6-8(12)13/h15H,3-6H2,1-2H3,(H,12,13). The predicted octanol–water partition coefficient (Wildman–Crippen LogP) is 0.125. The van der Waals surface area contributed by atoms with Crippen molar-refractivity contribution in [1.82, 2.24) is 0 Å². The van der Waals surface area contributed by atoms with Crippen LogP contribution in [0.5, 0.6) is 0 Å². The molecule has 0 aromatic heterocycles. The van der Waals surface area contributed by atoms with Gasteiger partial charge in [0.1, 0.15) is 0 Å². The number of ether oxygens (including phenoxy) is 1. The molecule has 0 aliphatic rings. The zero-order valence-electron chi connectivity index (χ0n) is 9.36. The van der Waals surface area contributed by atoms with Crippen molar-refractivity contribution in [3.05, 3.63) is 0 Å². The third kappa shape index (κ3) is 3.98. The van der Waals surface area contributed by atoms with Crippen molar-refractivity contribution >= 4 is 17.7 Å². The van der Waals surface area contributed by atoms with E-state index in [0.29, 0.717) is 6.42 Å². The summed E-state index contributed by atoms with van der Waals surface area (Å²) >= 11 is 0. The molecule has 0 rings (SSSR count). The van der Waals surface area contributed by atoms with E-state index < -0.39 is 29.7 Å². The van der Waals surface area contributed by atoms with Crippen LogP contribution in [0.15, 0.2) is 0 Å². The highest BCUT2D eigenvalue weighted by Crippen LogP contribution is 2.14. The summed E-state index contributed by atoms with van der Waals surface area (Å²) in [7, 11) is 0. The molecule has 0 aliphatic heterocycles. The van der Waals surface area contributed by atoms with Gasteiger partial charge in [-0.3, -0.25) is 9.59 Å². The van der Waals surface area contributed by atoms with Gasteiger partial charge in [0, 0.05) is 0 Å². The fourth-order valence-corrected chi connectivity index (χ4v) is 0.988. The highest BCUT2D eigenvalue weighted by molar-refractivity contribution is 6.08. The van der Waals surface area contributed by atoms with Crippen LogP contribution in [0.25, 0.3) is 0 Å². The number of hydrogen-bond donors (Lipinski definition) is 2. The maximum absolute atomic E-state index is 11.4. The van der Waals surface area contributed by atoms with E-state index in [1.165, 1.54) is 0 Å². The number of rotatable bonds is 7. The summed E-state index contributed by atoms with van der Waals surface area (Å²) in [4.78, 5) is 32.9. The molecular formula is C10H16O6. The number of Topliss-reactive ketones (excluding diaryl/α,β-unsaturated/α-hetero) is 1. The van der Waals surface area contributed by atoms with Gasteiger partial charge in [-0.2, -0.15) is 0 Å². The zero-order valence-corrected chi connectivity index (χ0v) is 9.36. The first-order valence-electron chi connectivity index (χ1n) is 4.97. The topological polar surface area (TPSA) is 101 Å². The van der Waals surface area contributed by atoms with Crippen molar-refractivity contribution in [2.75, 3.05) is 6.61 Å². The van der Waals surface area contributed by atoms with Crippen LogP contribution in [-0.2, 0) is 19.1 Å². The number of carbonyl (C=O) groups is 3. The van der Waals surface area contributed by atoms with Gasteiger partial charge in [-0.15, -0.1) is 0 Å². The lowest BCUT2D eigenvalue weighted by atomic mass is 9.95. The van der Waals surface area contributed by atoms with Crippen LogP contribution in [0, 0.1) is 0 Å². The maximum Gasteiger partial charge on any atom is 0.346 e. The van der Waals surface area contributed by atoms with Crippen LogP contribution in [0.2, 0.25) is 0 Å². The van der Waals surface area contributed by atoms with Gasteiger partial charge in [0.2, 0.25) is 5.60 Å². The minimum atomic E-state index is -2.57. The highest BCUT2D eigenvalue weighted by atomic mass is 16.6. The van der Waals surface area contributed by atoms with Crippen molar-refractivity contribution < 1.29 is 29.3 Å². The van der Waals surface area contributed by atoms with E-state index in [9.17, 15) is 19.5 Å². The molecule has 92 valence electrons. The first-order valence-corrected chi connectivity index (χ1v) is 4.97. The van der Waals surface area contributed by atoms with Crippen LogP contribution < -0.4 is 0 Å². The van der Waals surface area contributed by atoms with Gasteiger partial charge in [-0.05, 0) is 13.3 Å². The lowest BCUT2D eigenvalue weighted by molar-refractivity contribution is -0.174. The number of unbranched alkanes of at least 4 members (excludes halogenated alkanes) is 1. The van der Waals surface area contributed by atoms with E-state index in [1.807, 2.05) is 6.92 Å². The van der Waals surface area contributed by atoms with E-state index in [2.05, 4.69) is 4.74 Å². The molecule has 0 heterocycles. The summed E-state index contributed by atoms with van der Waals surface area (Å²) in [5.41, 5.74) is -2.57. The number of aliphatic carboxylic acids is 1. The van der Waals surface area contributed by atoms with Crippen LogP contribution in [0.1, 0.15) is 33.1 Å². The van der Waals surface area contributed by atoms with Gasteiger partial charge >= 0.3 is 11.9 Å². The molecule has 0 aromatic carbocycles. The number of carbonyl (C=O) groups excluding carboxylic acids is 2. The zero-order chi connectivity index (χ0) is 12.8. The van der Waals surface area contributed by atoms with Crippen molar-refractivity contribution in [3.63, 3.8) is 0 Å². The monoisotopic (exact) mass is 232 g/mol. The van der Waals surface area contributed by atoms with Crippen molar-refractivity contribution in [2.24, 2.45) is 0 Å². The Morgan fingerprint density at radius 1 is 1.31 bits per heavy atom. The first kappa shape index (κ1) is 14.6. The number of carboxylic acids is 1. The van der Waals surface area contributed by atoms with Gasteiger partial charge in [-0.1, -0.05) is 13.3 Å². The smallest absolute Gasteiger partial charge is 0.346 e. The number of hydrogen-bond acceptors (Lipinski definition) is 5. The normalized spacial score (nSPS) is 13.9. The molecule has 0 saturated carbocycles. The highest BCUT2D eigenvalue weighted by Gasteiger charge is 2.44. The molecule has 0 radical (unpaired) electrons. The van der Waals surface area contributed by atoms with Crippen LogP contribution in [0.3, 0.4) is 0 Å². The number of ketones is 1. The third-order valence-electron chi connectivity index (χ3n) is 2.06. The van der Waals surface area contributed by atoms with Crippen molar-refractivity contribution in [3.8, 4) is 0 Å². The molecule has 16 heavy (non-hydrogen) atoms. The lowest BCUT2D eigenvalue weighted by Crippen LogP contribution is -2.48. The van der Waals surface area contributed by atoms with Crippen molar-refractivity contribution in [1.29, 1.82) is 0 Å². The molecule has 1 atom stereocenters. The summed E-state index contributed by atoms with van der Waals surface area (Å²) in [6, 6.07) is 0. The van der Waals surface area contributed by atoms with E-state index in [-0.39, 0.29) is 6.61 Å². The quantitative estimate of drug-likeness (QED) is 0.367. The summed E-state index contributed by atoms with van der Waals surface area (Å²) in [6.07, 6.45) is 0.394. The first-order chi connectivity index (χ1) is 7.34. The average Bonchev–Trinajstić information content (AvgIpc) is 2.16. The summed E-state index contributed by atoms with van der Waals surface area (Å²) in [6.45, 7) is 2.89. The Kier molecular flexibility index (Phi) is 5.66. The van der Waals surface area contributed by atoms with Crippen LogP contribution in [-0.4, -0.2) is 40.1 Å². The van der Waals surface area contributed by atoms with Crippen LogP contribution in [0.4, 0.5) is 0 Å². The van der Waals surface area contributed by atoms with Gasteiger partial charge in [0.05, 0.1) is 13.0 Å². The molecule has 2 N–H and O–H groups in total. The second-order valence-corrected chi connectivity index (χ2v) is 3.48. The Bertz CT molecular complexity index is 285. The molecule has 1 unspecified atom stereocenters. The van der Waals surface area contributed by atoms with Gasteiger partial charge in [0.25, 0.3) is 0 Å². The Labute approximate surface area is 93.2 Å². The Hall–Kier alpha value is -1.43. The fraction of sp³-hybridized carbons (Fsp3) is 0.700. The molecule has 0 amide bonds. The minimum Gasteiger partial charge on any atom is -0.481 e. The predicted molar refractivity (Wildman–Crippen MR) is 53.8 cm³/mol. The summed E-state index contributed by atoms with van der Waals surface area (Å²) < 4.78 is 4.64.